The van der Waals surface area contributed by atoms with E-state index in [-0.39, 0.29) is 30.4 Å². The highest BCUT2D eigenvalue weighted by molar-refractivity contribution is 5.77. The first-order chi connectivity index (χ1) is 20.6. The molecule has 6 heterocycles. The molecule has 0 N–H and O–H groups in total. The van der Waals surface area contributed by atoms with Crippen molar-refractivity contribution in [2.75, 3.05) is 37.5 Å². The zero-order chi connectivity index (χ0) is 30.3. The van der Waals surface area contributed by atoms with E-state index in [2.05, 4.69) is 33.3 Å². The van der Waals surface area contributed by atoms with E-state index in [1.54, 1.807) is 0 Å². The third-order valence-corrected chi connectivity index (χ3v) is 8.80. The SMILES string of the molecule is CN(C)c1nc(-c2ccc(N(C)C3C[C@H]4CC[C@@H](C3)N4C(=O)OC(C)(C)C)nn2)ccc1-c1cnn(C2CCCCO2)c1. The standard InChI is InChI=1S/C32H44N8O3/c1-32(2,3)43-31(41)40-22-10-11-23(40)18-24(17-22)38(6)28-15-14-27(35-36-28)26-13-12-25(30(34-26)37(4)5)21-19-33-39(20-21)29-9-7-8-16-42-29/h12-15,19-20,22-24,29H,7-11,16-18H2,1-6H3/t22-,23+,24?,29?. The van der Waals surface area contributed by atoms with Gasteiger partial charge in [0.1, 0.15) is 23.3 Å². The largest absolute Gasteiger partial charge is 0.444 e. The fourth-order valence-electron chi connectivity index (χ4n) is 6.64. The molecular weight excluding hydrogens is 544 g/mol. The molecule has 3 aromatic heterocycles. The smallest absolute Gasteiger partial charge is 0.410 e. The molecule has 230 valence electrons. The molecule has 0 radical (unpaired) electrons. The molecule has 11 nitrogen and oxygen atoms in total. The molecule has 6 rings (SSSR count). The van der Waals surface area contributed by atoms with Crippen molar-refractivity contribution in [1.29, 1.82) is 0 Å². The van der Waals surface area contributed by atoms with Crippen molar-refractivity contribution in [1.82, 2.24) is 29.9 Å². The van der Waals surface area contributed by atoms with Gasteiger partial charge in [0.25, 0.3) is 0 Å². The zero-order valence-electron chi connectivity index (χ0n) is 26.2. The van der Waals surface area contributed by atoms with Gasteiger partial charge in [-0.1, -0.05) is 0 Å². The van der Waals surface area contributed by atoms with Crippen molar-refractivity contribution >= 4 is 17.7 Å². The van der Waals surface area contributed by atoms with Crippen LogP contribution in [-0.2, 0) is 9.47 Å². The predicted octanol–water partition coefficient (Wildman–Crippen LogP) is 5.53. The van der Waals surface area contributed by atoms with Crippen LogP contribution in [-0.4, -0.2) is 87.4 Å². The van der Waals surface area contributed by atoms with Gasteiger partial charge in [-0.2, -0.15) is 5.10 Å². The second kappa shape index (κ2) is 11.7. The molecule has 0 aliphatic carbocycles. The maximum absolute atomic E-state index is 12.9. The summed E-state index contributed by atoms with van der Waals surface area (Å²) >= 11 is 0. The normalized spacial score (nSPS) is 23.7. The van der Waals surface area contributed by atoms with E-state index in [4.69, 9.17) is 14.5 Å². The van der Waals surface area contributed by atoms with Crippen LogP contribution in [0.4, 0.5) is 16.4 Å². The van der Waals surface area contributed by atoms with Gasteiger partial charge < -0.3 is 24.2 Å². The van der Waals surface area contributed by atoms with Crippen LogP contribution in [0.25, 0.3) is 22.5 Å². The summed E-state index contributed by atoms with van der Waals surface area (Å²) in [5.41, 5.74) is 3.01. The molecule has 2 bridgehead atoms. The lowest BCUT2D eigenvalue weighted by Gasteiger charge is -2.42. The Hall–Kier alpha value is -3.73. The monoisotopic (exact) mass is 588 g/mol. The van der Waals surface area contributed by atoms with Crippen molar-refractivity contribution in [2.24, 2.45) is 0 Å². The van der Waals surface area contributed by atoms with Gasteiger partial charge in [-0.3, -0.25) is 0 Å². The number of ether oxygens (including phenoxy) is 2. The first kappa shape index (κ1) is 29.3. The summed E-state index contributed by atoms with van der Waals surface area (Å²) in [5.74, 6) is 1.66. The minimum absolute atomic E-state index is 0.00265. The number of carbonyl (C=O) groups excluding carboxylic acids is 1. The van der Waals surface area contributed by atoms with Crippen LogP contribution in [0.1, 0.15) is 71.9 Å². The molecule has 0 aromatic carbocycles. The van der Waals surface area contributed by atoms with Crippen LogP contribution in [0.5, 0.6) is 0 Å². The van der Waals surface area contributed by atoms with Crippen molar-refractivity contribution in [2.45, 2.75) is 95.7 Å². The summed E-state index contributed by atoms with van der Waals surface area (Å²) < 4.78 is 13.5. The summed E-state index contributed by atoms with van der Waals surface area (Å²) in [4.78, 5) is 24.1. The molecule has 3 aliphatic heterocycles. The second-order valence-electron chi connectivity index (χ2n) is 13.3. The van der Waals surface area contributed by atoms with Crippen LogP contribution in [0.3, 0.4) is 0 Å². The van der Waals surface area contributed by atoms with E-state index in [0.29, 0.717) is 0 Å². The highest BCUT2D eigenvalue weighted by Gasteiger charge is 2.46. The number of nitrogens with zero attached hydrogens (tertiary/aromatic N) is 8. The third-order valence-electron chi connectivity index (χ3n) is 8.80. The van der Waals surface area contributed by atoms with E-state index in [1.165, 1.54) is 0 Å². The molecule has 3 saturated heterocycles. The first-order valence-electron chi connectivity index (χ1n) is 15.5. The van der Waals surface area contributed by atoms with E-state index >= 15 is 0 Å². The Labute approximate surface area is 254 Å². The minimum Gasteiger partial charge on any atom is -0.444 e. The van der Waals surface area contributed by atoms with Gasteiger partial charge in [0, 0.05) is 63.2 Å². The van der Waals surface area contributed by atoms with Gasteiger partial charge in [0.15, 0.2) is 5.82 Å². The van der Waals surface area contributed by atoms with E-state index in [1.807, 2.05) is 79.9 Å². The van der Waals surface area contributed by atoms with Crippen LogP contribution >= 0.6 is 0 Å². The summed E-state index contributed by atoms with van der Waals surface area (Å²) in [5, 5.41) is 13.8. The maximum atomic E-state index is 12.9. The van der Waals surface area contributed by atoms with Crippen molar-refractivity contribution < 1.29 is 14.3 Å². The minimum atomic E-state index is -0.489. The van der Waals surface area contributed by atoms with Gasteiger partial charge in [0.05, 0.1) is 11.9 Å². The molecule has 1 amide bonds. The lowest BCUT2D eigenvalue weighted by atomic mass is 9.96. The quantitative estimate of drug-likeness (QED) is 0.368. The lowest BCUT2D eigenvalue weighted by molar-refractivity contribution is -0.0394. The average Bonchev–Trinajstić information content (AvgIpc) is 3.58. The fraction of sp³-hybridized carbons (Fsp3) is 0.594. The summed E-state index contributed by atoms with van der Waals surface area (Å²) in [6.45, 7) is 6.54. The Morgan fingerprint density at radius 2 is 1.72 bits per heavy atom. The number of hydrogen-bond donors (Lipinski definition) is 0. The van der Waals surface area contributed by atoms with Crippen LogP contribution in [0.2, 0.25) is 0 Å². The van der Waals surface area contributed by atoms with Crippen LogP contribution < -0.4 is 9.80 Å². The van der Waals surface area contributed by atoms with Crippen LogP contribution in [0.15, 0.2) is 36.7 Å². The Morgan fingerprint density at radius 1 is 0.977 bits per heavy atom. The molecule has 2 unspecified atom stereocenters. The fourth-order valence-corrected chi connectivity index (χ4v) is 6.64. The van der Waals surface area contributed by atoms with Gasteiger partial charge in [-0.05, 0) is 90.0 Å². The molecule has 0 spiro atoms. The Bertz CT molecular complexity index is 1410. The Kier molecular flexibility index (Phi) is 8.02. The molecule has 11 heteroatoms. The lowest BCUT2D eigenvalue weighted by Crippen LogP contribution is -2.53. The number of aromatic nitrogens is 5. The Morgan fingerprint density at radius 3 is 2.35 bits per heavy atom. The maximum Gasteiger partial charge on any atom is 0.410 e. The predicted molar refractivity (Wildman–Crippen MR) is 166 cm³/mol. The molecule has 0 saturated carbocycles. The zero-order valence-corrected chi connectivity index (χ0v) is 26.2. The van der Waals surface area contributed by atoms with Crippen molar-refractivity contribution in [3.63, 3.8) is 0 Å². The van der Waals surface area contributed by atoms with Crippen molar-refractivity contribution in [3.05, 3.63) is 36.7 Å². The number of rotatable bonds is 6. The number of amides is 1. The molecule has 43 heavy (non-hydrogen) atoms. The van der Waals surface area contributed by atoms with E-state index in [0.717, 1.165) is 85.7 Å². The second-order valence-corrected chi connectivity index (χ2v) is 13.3. The number of anilines is 2. The molecule has 3 aromatic rings. The molecule has 3 aliphatic rings. The number of fused-ring (bicyclic) bond motifs is 2. The highest BCUT2D eigenvalue weighted by Crippen LogP contribution is 2.39. The topological polar surface area (TPSA) is 102 Å². The summed E-state index contributed by atoms with van der Waals surface area (Å²) in [6.07, 6.45) is 10.8. The number of hydrogen-bond acceptors (Lipinski definition) is 9. The van der Waals surface area contributed by atoms with Crippen LogP contribution in [0, 0.1) is 0 Å². The van der Waals surface area contributed by atoms with Crippen molar-refractivity contribution in [3.8, 4) is 22.5 Å². The number of piperidine rings is 1. The molecule has 4 atom stereocenters. The van der Waals surface area contributed by atoms with Gasteiger partial charge >= 0.3 is 6.09 Å². The molecule has 3 fully saturated rings. The summed E-state index contributed by atoms with van der Waals surface area (Å²) in [7, 11) is 6.07. The number of carbonyl (C=O) groups is 1. The third kappa shape index (κ3) is 6.18. The molecular formula is C32H44N8O3. The highest BCUT2D eigenvalue weighted by atomic mass is 16.6. The summed E-state index contributed by atoms with van der Waals surface area (Å²) in [6, 6.07) is 8.76. The van der Waals surface area contributed by atoms with Gasteiger partial charge in [-0.15, -0.1) is 10.2 Å². The Balaban J connectivity index is 1.15. The van der Waals surface area contributed by atoms with Gasteiger partial charge in [0.2, 0.25) is 0 Å². The average molecular weight is 589 g/mol. The first-order valence-corrected chi connectivity index (χ1v) is 15.5. The van der Waals surface area contributed by atoms with E-state index in [9.17, 15) is 4.79 Å². The van der Waals surface area contributed by atoms with Gasteiger partial charge in [-0.25, -0.2) is 14.5 Å². The van der Waals surface area contributed by atoms with E-state index < -0.39 is 5.60 Å². The number of pyridine rings is 1.